The van der Waals surface area contributed by atoms with Crippen LogP contribution in [0.5, 0.6) is 28.7 Å². The molecule has 0 radical (unpaired) electrons. The van der Waals surface area contributed by atoms with Crippen molar-refractivity contribution in [1.82, 2.24) is 0 Å². The molecule has 11 atom stereocenters. The van der Waals surface area contributed by atoms with Gasteiger partial charge in [0.2, 0.25) is 0 Å². The van der Waals surface area contributed by atoms with Gasteiger partial charge in [0.25, 0.3) is 0 Å². The van der Waals surface area contributed by atoms with Crippen LogP contribution in [0.4, 0.5) is 0 Å². The maximum absolute atomic E-state index is 12.7. The van der Waals surface area contributed by atoms with E-state index in [-0.39, 0.29) is 67.0 Å². The number of hydrogen-bond donors (Lipinski definition) is 3. The van der Waals surface area contributed by atoms with Gasteiger partial charge in [-0.25, -0.2) is 9.59 Å². The van der Waals surface area contributed by atoms with Crippen molar-refractivity contribution in [3.05, 3.63) is 49.5 Å². The Kier molecular flexibility index (Phi) is 10.2. The summed E-state index contributed by atoms with van der Waals surface area (Å²) >= 11 is 12.2. The van der Waals surface area contributed by atoms with Crippen molar-refractivity contribution in [3.63, 3.8) is 0 Å². The number of methoxy groups -OCH3 is 1. The second-order valence-electron chi connectivity index (χ2n) is 18.6. The number of aromatic hydroxyl groups is 2. The Bertz CT molecular complexity index is 2050. The molecule has 0 aromatic heterocycles. The lowest BCUT2D eigenvalue weighted by molar-refractivity contribution is -0.272. The van der Waals surface area contributed by atoms with E-state index < -0.39 is 23.4 Å². The fourth-order valence-electron chi connectivity index (χ4n) is 12.4. The number of carbonyl (C=O) groups is 2. The summed E-state index contributed by atoms with van der Waals surface area (Å²) in [5.41, 5.74) is 2.72. The van der Waals surface area contributed by atoms with Gasteiger partial charge in [-0.3, -0.25) is 0 Å². The molecule has 2 aromatic carbocycles. The number of phenols is 2. The predicted octanol–water partition coefficient (Wildman–Crippen LogP) is 10.2. The quantitative estimate of drug-likeness (QED) is 0.145. The minimum absolute atomic E-state index is 0.0131. The standard InChI is InChI=1S/C27H42O3.C18H14Cl2O7/c1-16-7-12-27(29-15-16)17(2)24-23(30-27)14-22-20-6-5-18-13-19(28)8-10-25(18,3)21(20)9-11-26(22,24)4;1-5-9-16(11(20)13(22)10(5)19)26-14-6(2)8(17(23)25-4)12(21)7(3)15(14)27-18(9)24/h9,16-20,22-24,28H,5-8,10-15H2,1-4H3;21-22H,1-4H3. The fraction of sp³-hybridized carbons (Fsp3) is 0.644. The monoisotopic (exact) mass is 826 g/mol. The number of allylic oxidation sites excluding steroid dienone is 2. The summed E-state index contributed by atoms with van der Waals surface area (Å²) in [4.78, 5) is 24.8. The highest BCUT2D eigenvalue weighted by molar-refractivity contribution is 6.39. The maximum Gasteiger partial charge on any atom is 0.347 e. The van der Waals surface area contributed by atoms with E-state index in [1.54, 1.807) is 5.57 Å². The number of ether oxygens (including phenoxy) is 5. The van der Waals surface area contributed by atoms with Crippen LogP contribution in [-0.4, -0.2) is 59.0 Å². The summed E-state index contributed by atoms with van der Waals surface area (Å²) in [5.74, 6) is 0.946. The molecule has 310 valence electrons. The van der Waals surface area contributed by atoms with Crippen LogP contribution < -0.4 is 9.47 Å². The first-order valence-corrected chi connectivity index (χ1v) is 21.4. The first-order valence-electron chi connectivity index (χ1n) is 20.6. The number of hydrogen-bond acceptors (Lipinski definition) is 10. The van der Waals surface area contributed by atoms with Crippen LogP contribution in [-0.2, 0) is 14.2 Å². The van der Waals surface area contributed by atoms with Gasteiger partial charge in [0.15, 0.2) is 28.8 Å². The zero-order valence-corrected chi connectivity index (χ0v) is 35.7. The minimum atomic E-state index is -0.835. The third kappa shape index (κ3) is 6.04. The normalized spacial score (nSPS) is 37.4. The van der Waals surface area contributed by atoms with E-state index in [1.165, 1.54) is 66.4 Å². The number of halogens is 2. The molecule has 2 aromatic rings. The lowest BCUT2D eigenvalue weighted by Gasteiger charge is -2.57. The Hall–Kier alpha value is -3.02. The van der Waals surface area contributed by atoms with Crippen molar-refractivity contribution in [2.45, 2.75) is 124 Å². The van der Waals surface area contributed by atoms with Gasteiger partial charge in [-0.05, 0) is 118 Å². The number of aliphatic hydroxyl groups excluding tert-OH is 1. The molecule has 0 bridgehead atoms. The maximum atomic E-state index is 12.7. The van der Waals surface area contributed by atoms with Crippen LogP contribution in [0.25, 0.3) is 0 Å². The molecule has 5 fully saturated rings. The van der Waals surface area contributed by atoms with Crippen molar-refractivity contribution < 1.29 is 48.6 Å². The molecule has 7 aliphatic rings. The number of phenolic OH excluding ortho intramolecular Hbond substituents is 2. The minimum Gasteiger partial charge on any atom is -0.507 e. The Morgan fingerprint density at radius 3 is 2.30 bits per heavy atom. The summed E-state index contributed by atoms with van der Waals surface area (Å²) in [6.07, 6.45) is 13.6. The van der Waals surface area contributed by atoms with Gasteiger partial charge in [0.05, 0.1) is 30.9 Å². The van der Waals surface area contributed by atoms with Crippen molar-refractivity contribution >= 4 is 35.1 Å². The van der Waals surface area contributed by atoms with Gasteiger partial charge in [0.1, 0.15) is 21.9 Å². The van der Waals surface area contributed by atoms with E-state index in [2.05, 4.69) is 33.8 Å². The van der Waals surface area contributed by atoms with E-state index in [0.717, 1.165) is 37.7 Å². The molecule has 0 amide bonds. The number of esters is 2. The van der Waals surface area contributed by atoms with E-state index in [9.17, 15) is 24.9 Å². The molecule has 2 saturated heterocycles. The highest BCUT2D eigenvalue weighted by Crippen LogP contribution is 2.70. The highest BCUT2D eigenvalue weighted by Gasteiger charge is 2.68. The Balaban J connectivity index is 0.000000161. The largest absolute Gasteiger partial charge is 0.507 e. The van der Waals surface area contributed by atoms with Crippen molar-refractivity contribution in [3.8, 4) is 28.7 Å². The Labute approximate surface area is 345 Å². The van der Waals surface area contributed by atoms with Crippen molar-refractivity contribution in [2.75, 3.05) is 13.7 Å². The molecule has 3 N–H and O–H groups in total. The average molecular weight is 828 g/mol. The summed E-state index contributed by atoms with van der Waals surface area (Å²) < 4.78 is 29.2. The van der Waals surface area contributed by atoms with Crippen molar-refractivity contribution in [2.24, 2.45) is 46.3 Å². The first kappa shape index (κ1) is 40.7. The SMILES string of the molecule is CC1CCC2(OC1)OC1CC3C4CCC5CC(O)CCC5(C)C4=CCC3(C)C1C2C.COC(=O)c1c(C)c2c(c(C)c1O)OC(=O)c1c(C)c(Cl)c(O)c(Cl)c1O2. The summed E-state index contributed by atoms with van der Waals surface area (Å²) in [6.45, 7) is 15.2. The molecule has 9 rings (SSSR count). The molecule has 4 aliphatic carbocycles. The molecule has 57 heavy (non-hydrogen) atoms. The fourth-order valence-corrected chi connectivity index (χ4v) is 12.9. The van der Waals surface area contributed by atoms with Gasteiger partial charge < -0.3 is 39.0 Å². The van der Waals surface area contributed by atoms with Crippen LogP contribution >= 0.6 is 23.2 Å². The van der Waals surface area contributed by atoms with Gasteiger partial charge in [-0.1, -0.05) is 62.5 Å². The molecule has 12 heteroatoms. The molecule has 10 nitrogen and oxygen atoms in total. The zero-order valence-electron chi connectivity index (χ0n) is 34.2. The summed E-state index contributed by atoms with van der Waals surface area (Å²) in [5, 5.41) is 30.4. The lowest BCUT2D eigenvalue weighted by Crippen LogP contribution is -2.50. The zero-order chi connectivity index (χ0) is 41.1. The average Bonchev–Trinajstić information content (AvgIpc) is 3.56. The van der Waals surface area contributed by atoms with Gasteiger partial charge in [-0.15, -0.1) is 0 Å². The predicted molar refractivity (Wildman–Crippen MR) is 215 cm³/mol. The Morgan fingerprint density at radius 1 is 0.895 bits per heavy atom. The van der Waals surface area contributed by atoms with Gasteiger partial charge >= 0.3 is 11.9 Å². The third-order valence-corrected chi connectivity index (χ3v) is 16.5. The number of fused-ring (bicyclic) bond motifs is 9. The molecule has 3 heterocycles. The van der Waals surface area contributed by atoms with Gasteiger partial charge in [-0.2, -0.15) is 0 Å². The molecule has 3 aliphatic heterocycles. The first-order chi connectivity index (χ1) is 26.9. The molecule has 11 unspecified atom stereocenters. The highest BCUT2D eigenvalue weighted by atomic mass is 35.5. The Morgan fingerprint density at radius 2 is 1.61 bits per heavy atom. The van der Waals surface area contributed by atoms with E-state index >= 15 is 0 Å². The second kappa shape index (κ2) is 14.3. The number of benzene rings is 2. The van der Waals surface area contributed by atoms with Gasteiger partial charge in [0, 0.05) is 23.5 Å². The van der Waals surface area contributed by atoms with Crippen LogP contribution in [0.3, 0.4) is 0 Å². The van der Waals surface area contributed by atoms with E-state index in [0.29, 0.717) is 40.6 Å². The molecular weight excluding hydrogens is 771 g/mol. The smallest absolute Gasteiger partial charge is 0.347 e. The van der Waals surface area contributed by atoms with Crippen LogP contribution in [0.1, 0.15) is 123 Å². The van der Waals surface area contributed by atoms with Crippen LogP contribution in [0.2, 0.25) is 10.0 Å². The van der Waals surface area contributed by atoms with E-state index in [4.69, 9.17) is 46.9 Å². The van der Waals surface area contributed by atoms with E-state index in [1.807, 2.05) is 0 Å². The van der Waals surface area contributed by atoms with Crippen LogP contribution in [0.15, 0.2) is 11.6 Å². The van der Waals surface area contributed by atoms with Crippen molar-refractivity contribution in [1.29, 1.82) is 0 Å². The number of aliphatic hydroxyl groups is 1. The van der Waals surface area contributed by atoms with Crippen LogP contribution in [0, 0.1) is 67.1 Å². The number of rotatable bonds is 1. The summed E-state index contributed by atoms with van der Waals surface area (Å²) in [6, 6.07) is 0. The second-order valence-corrected chi connectivity index (χ2v) is 19.4. The molecule has 3 saturated carbocycles. The topological polar surface area (TPSA) is 141 Å². The summed E-state index contributed by atoms with van der Waals surface area (Å²) in [7, 11) is 1.17. The third-order valence-electron chi connectivity index (χ3n) is 15.7. The molecule has 1 spiro atoms. The number of carbonyl (C=O) groups excluding carboxylic acids is 2. The lowest BCUT2D eigenvalue weighted by atomic mass is 9.48. The molecular formula is C45H56Cl2O10.